The van der Waals surface area contributed by atoms with E-state index in [1.54, 1.807) is 5.57 Å². The predicted octanol–water partition coefficient (Wildman–Crippen LogP) is 11.8. The summed E-state index contributed by atoms with van der Waals surface area (Å²) in [5.41, 5.74) is 12.1. The minimum Gasteiger partial charge on any atom is -0.378 e. The van der Waals surface area contributed by atoms with Crippen LogP contribution in [-0.2, 0) is 0 Å². The van der Waals surface area contributed by atoms with Crippen LogP contribution in [0.25, 0.3) is 11.3 Å². The number of pyridine rings is 1. The van der Waals surface area contributed by atoms with Crippen molar-refractivity contribution in [3.05, 3.63) is 113 Å². The molecule has 0 spiro atoms. The van der Waals surface area contributed by atoms with Gasteiger partial charge in [0.15, 0.2) is 0 Å². The number of hydrogen-bond donors (Lipinski definition) is 1. The molecule has 1 fully saturated rings. The van der Waals surface area contributed by atoms with Crippen molar-refractivity contribution in [3.63, 3.8) is 0 Å². The summed E-state index contributed by atoms with van der Waals surface area (Å²) in [5, 5.41) is 3.65. The van der Waals surface area contributed by atoms with E-state index in [4.69, 9.17) is 0 Å². The van der Waals surface area contributed by atoms with Gasteiger partial charge in [-0.2, -0.15) is 0 Å². The molecule has 0 amide bonds. The molecule has 0 radical (unpaired) electrons. The lowest BCUT2D eigenvalue weighted by Gasteiger charge is -2.44. The summed E-state index contributed by atoms with van der Waals surface area (Å²) in [5.74, 6) is 0.576. The Morgan fingerprint density at radius 1 is 0.810 bits per heavy atom. The fourth-order valence-electron chi connectivity index (χ4n) is 6.46. The highest BCUT2D eigenvalue weighted by molar-refractivity contribution is 5.83. The van der Waals surface area contributed by atoms with E-state index in [0.29, 0.717) is 11.3 Å². The number of rotatable bonds is 13. The summed E-state index contributed by atoms with van der Waals surface area (Å²) in [4.78, 5) is 4.58. The van der Waals surface area contributed by atoms with Gasteiger partial charge in [0.25, 0.3) is 0 Å². The summed E-state index contributed by atoms with van der Waals surface area (Å²) >= 11 is 0. The Balaban J connectivity index is 0.00000237. The Hall–Kier alpha value is -3.13. The molecule has 1 aliphatic rings. The number of benzene rings is 2. The van der Waals surface area contributed by atoms with E-state index in [0.717, 1.165) is 11.3 Å². The van der Waals surface area contributed by atoms with E-state index in [1.807, 2.05) is 26.2 Å². The summed E-state index contributed by atoms with van der Waals surface area (Å²) in [6.45, 7) is 22.0. The van der Waals surface area contributed by atoms with Gasteiger partial charge < -0.3 is 5.32 Å². The molecule has 0 bridgehead atoms. The average Bonchev–Trinajstić information content (AvgIpc) is 3.00. The van der Waals surface area contributed by atoms with Crippen LogP contribution in [0.2, 0.25) is 0 Å². The van der Waals surface area contributed by atoms with Gasteiger partial charge in [-0.05, 0) is 97.6 Å². The fraction of sp³-hybridized carbons (Fsp3) is 0.475. The third kappa shape index (κ3) is 8.03. The first-order chi connectivity index (χ1) is 20.3. The molecular weight excluding hydrogens is 508 g/mol. The zero-order chi connectivity index (χ0) is 30.7. The lowest BCUT2D eigenvalue weighted by molar-refractivity contribution is 0.188. The molecule has 1 N–H and O–H groups in total. The molecule has 3 aromatic rings. The van der Waals surface area contributed by atoms with Gasteiger partial charge in [-0.15, -0.1) is 0 Å². The highest BCUT2D eigenvalue weighted by Gasteiger charge is 2.39. The molecule has 1 heterocycles. The normalized spacial score (nSPS) is 14.5. The Morgan fingerprint density at radius 3 is 1.88 bits per heavy atom. The van der Waals surface area contributed by atoms with E-state index in [1.165, 1.54) is 84.8 Å². The molecule has 0 saturated heterocycles. The quantitative estimate of drug-likeness (QED) is 0.223. The summed E-state index contributed by atoms with van der Waals surface area (Å²) in [7, 11) is 0. The Labute approximate surface area is 257 Å². The number of allylic oxidation sites excluding steroid dienone is 1. The fourth-order valence-corrected chi connectivity index (χ4v) is 6.46. The van der Waals surface area contributed by atoms with Gasteiger partial charge in [-0.3, -0.25) is 4.98 Å². The van der Waals surface area contributed by atoms with Crippen molar-refractivity contribution in [2.24, 2.45) is 5.41 Å². The number of hydrogen-bond acceptors (Lipinski definition) is 2. The van der Waals surface area contributed by atoms with Gasteiger partial charge in [0.1, 0.15) is 0 Å². The minimum atomic E-state index is 0.152. The third-order valence-corrected chi connectivity index (χ3v) is 9.31. The van der Waals surface area contributed by atoms with E-state index in [-0.39, 0.29) is 6.04 Å². The van der Waals surface area contributed by atoms with Crippen molar-refractivity contribution < 1.29 is 0 Å². The predicted molar refractivity (Wildman–Crippen MR) is 185 cm³/mol. The van der Waals surface area contributed by atoms with Crippen LogP contribution in [-0.4, -0.2) is 4.98 Å². The van der Waals surface area contributed by atoms with Crippen LogP contribution in [0.15, 0.2) is 79.1 Å². The number of aromatic nitrogens is 1. The maximum absolute atomic E-state index is 4.58. The molecule has 2 heteroatoms. The monoisotopic (exact) mass is 564 g/mol. The number of aryl methyl sites for hydroxylation is 1. The largest absolute Gasteiger partial charge is 0.378 e. The molecule has 1 atom stereocenters. The molecule has 2 aromatic carbocycles. The summed E-state index contributed by atoms with van der Waals surface area (Å²) in [6.07, 6.45) is 13.7. The Morgan fingerprint density at radius 2 is 1.36 bits per heavy atom. The van der Waals surface area contributed by atoms with Gasteiger partial charge in [-0.25, -0.2) is 0 Å². The SMILES string of the molecule is C=C(NC(C)c1ccc(C(=C2CC(CC)(CC)C2)c2ccc(C)cc2)cc1)c1cncc(C(CCC)CCC)c1.CC. The van der Waals surface area contributed by atoms with Crippen LogP contribution in [0.3, 0.4) is 0 Å². The Bertz CT molecular complexity index is 1280. The summed E-state index contributed by atoms with van der Waals surface area (Å²) in [6, 6.07) is 20.7. The molecule has 1 saturated carbocycles. The second-order valence-corrected chi connectivity index (χ2v) is 12.2. The Kier molecular flexibility index (Phi) is 12.6. The zero-order valence-corrected chi connectivity index (χ0v) is 27.8. The standard InChI is InChI=1S/C38H50N2.C2H6/c1-8-12-31(13-9-2)35-22-34(25-39-26-35)29(7)40-28(6)30-18-20-33(21-19-30)37(32-16-14-27(5)15-17-32)36-23-38(10-3,11-4)24-36;1-2/h14-22,25-26,28,31,40H,7-13,23-24H2,1-6H3;1-2H3. The first kappa shape index (κ1) is 33.4. The van der Waals surface area contributed by atoms with Crippen LogP contribution >= 0.6 is 0 Å². The smallest absolute Gasteiger partial charge is 0.0485 e. The first-order valence-corrected chi connectivity index (χ1v) is 16.6. The molecule has 1 aromatic heterocycles. The van der Waals surface area contributed by atoms with Crippen LogP contribution < -0.4 is 5.32 Å². The van der Waals surface area contributed by atoms with Crippen LogP contribution in [0.4, 0.5) is 0 Å². The molecule has 42 heavy (non-hydrogen) atoms. The molecule has 1 unspecified atom stereocenters. The summed E-state index contributed by atoms with van der Waals surface area (Å²) < 4.78 is 0. The molecule has 0 aliphatic heterocycles. The highest BCUT2D eigenvalue weighted by atomic mass is 14.9. The topological polar surface area (TPSA) is 24.9 Å². The van der Waals surface area contributed by atoms with Crippen molar-refractivity contribution in [3.8, 4) is 0 Å². The van der Waals surface area contributed by atoms with Crippen molar-refractivity contribution in [1.82, 2.24) is 10.3 Å². The molecule has 1 aliphatic carbocycles. The third-order valence-electron chi connectivity index (χ3n) is 9.31. The van der Waals surface area contributed by atoms with E-state index < -0.39 is 0 Å². The van der Waals surface area contributed by atoms with Gasteiger partial charge in [0.2, 0.25) is 0 Å². The van der Waals surface area contributed by atoms with Crippen molar-refractivity contribution in [1.29, 1.82) is 0 Å². The second kappa shape index (κ2) is 15.9. The van der Waals surface area contributed by atoms with Crippen molar-refractivity contribution in [2.45, 2.75) is 119 Å². The van der Waals surface area contributed by atoms with Gasteiger partial charge in [-0.1, -0.05) is 121 Å². The highest BCUT2D eigenvalue weighted by Crippen LogP contribution is 2.53. The molecule has 226 valence electrons. The lowest BCUT2D eigenvalue weighted by atomic mass is 9.60. The first-order valence-electron chi connectivity index (χ1n) is 16.6. The van der Waals surface area contributed by atoms with E-state index in [2.05, 4.69) is 113 Å². The van der Waals surface area contributed by atoms with Gasteiger partial charge in [0.05, 0.1) is 0 Å². The lowest BCUT2D eigenvalue weighted by Crippen LogP contribution is -2.31. The van der Waals surface area contributed by atoms with Gasteiger partial charge in [0, 0.05) is 29.7 Å². The second-order valence-electron chi connectivity index (χ2n) is 12.2. The van der Waals surface area contributed by atoms with Crippen molar-refractivity contribution in [2.75, 3.05) is 0 Å². The van der Waals surface area contributed by atoms with E-state index >= 15 is 0 Å². The zero-order valence-electron chi connectivity index (χ0n) is 27.8. The average molecular weight is 565 g/mol. The van der Waals surface area contributed by atoms with Crippen molar-refractivity contribution >= 4 is 11.3 Å². The number of nitrogens with zero attached hydrogens (tertiary/aromatic N) is 1. The maximum Gasteiger partial charge on any atom is 0.0485 e. The molecule has 4 rings (SSSR count). The minimum absolute atomic E-state index is 0.152. The van der Waals surface area contributed by atoms with Crippen LogP contribution in [0, 0.1) is 12.3 Å². The molecular formula is C40H56N2. The van der Waals surface area contributed by atoms with Crippen LogP contribution in [0.1, 0.15) is 145 Å². The van der Waals surface area contributed by atoms with Gasteiger partial charge >= 0.3 is 0 Å². The number of nitrogens with one attached hydrogen (secondary N) is 1. The molecule has 2 nitrogen and oxygen atoms in total. The van der Waals surface area contributed by atoms with Crippen LogP contribution in [0.5, 0.6) is 0 Å². The van der Waals surface area contributed by atoms with E-state index in [9.17, 15) is 0 Å². The maximum atomic E-state index is 4.58.